The molecule has 0 bridgehead atoms. The Morgan fingerprint density at radius 1 is 1.47 bits per heavy atom. The summed E-state index contributed by atoms with van der Waals surface area (Å²) in [5.74, 6) is 0. The fourth-order valence-electron chi connectivity index (χ4n) is 1.80. The standard InChI is InChI=1S/C14H15N3S2/c1-9-8-19-14(16-9)10(2)17-12-5-4-6-13(18-3)11(12)7-15/h4-6,8,10,17H,1-3H3. The second-order valence-electron chi connectivity index (χ2n) is 4.19. The Morgan fingerprint density at radius 2 is 2.26 bits per heavy atom. The largest absolute Gasteiger partial charge is 0.375 e. The number of benzene rings is 1. The molecule has 0 aliphatic rings. The number of anilines is 1. The van der Waals surface area contributed by atoms with E-state index in [0.29, 0.717) is 5.56 Å². The molecule has 0 saturated heterocycles. The smallest absolute Gasteiger partial charge is 0.115 e. The Bertz CT molecular complexity index is 613. The Kier molecular flexibility index (Phi) is 4.46. The number of thiazole rings is 1. The first-order valence-corrected chi connectivity index (χ1v) is 8.01. The number of nitriles is 1. The fourth-order valence-corrected chi connectivity index (χ4v) is 3.18. The zero-order valence-corrected chi connectivity index (χ0v) is 12.7. The summed E-state index contributed by atoms with van der Waals surface area (Å²) in [5, 5.41) is 15.8. The lowest BCUT2D eigenvalue weighted by Gasteiger charge is -2.15. The molecule has 2 aromatic rings. The molecule has 19 heavy (non-hydrogen) atoms. The van der Waals surface area contributed by atoms with Crippen LogP contribution in [0.2, 0.25) is 0 Å². The number of nitrogens with zero attached hydrogens (tertiary/aromatic N) is 2. The maximum atomic E-state index is 9.30. The number of nitrogens with one attached hydrogen (secondary N) is 1. The molecular weight excluding hydrogens is 274 g/mol. The Hall–Kier alpha value is -1.51. The van der Waals surface area contributed by atoms with Crippen LogP contribution >= 0.6 is 23.1 Å². The van der Waals surface area contributed by atoms with E-state index in [0.717, 1.165) is 21.3 Å². The predicted molar refractivity (Wildman–Crippen MR) is 81.8 cm³/mol. The van der Waals surface area contributed by atoms with E-state index in [1.807, 2.05) is 36.8 Å². The zero-order chi connectivity index (χ0) is 13.8. The van der Waals surface area contributed by atoms with Crippen LogP contribution in [0.4, 0.5) is 5.69 Å². The van der Waals surface area contributed by atoms with E-state index in [1.165, 1.54) is 0 Å². The van der Waals surface area contributed by atoms with Gasteiger partial charge in [0.15, 0.2) is 0 Å². The van der Waals surface area contributed by atoms with Crippen LogP contribution in [-0.4, -0.2) is 11.2 Å². The first-order chi connectivity index (χ1) is 9.15. The van der Waals surface area contributed by atoms with Gasteiger partial charge in [0.1, 0.15) is 11.1 Å². The molecule has 0 amide bonds. The summed E-state index contributed by atoms with van der Waals surface area (Å²) < 4.78 is 0. The van der Waals surface area contributed by atoms with E-state index in [9.17, 15) is 5.26 Å². The highest BCUT2D eigenvalue weighted by molar-refractivity contribution is 7.98. The first kappa shape index (κ1) is 13.9. The van der Waals surface area contributed by atoms with Crippen molar-refractivity contribution in [3.05, 3.63) is 39.8 Å². The SMILES string of the molecule is CSc1cccc(NC(C)c2nc(C)cs2)c1C#N. The van der Waals surface area contributed by atoms with E-state index in [4.69, 9.17) is 0 Å². The lowest BCUT2D eigenvalue weighted by molar-refractivity contribution is 0.862. The third-order valence-electron chi connectivity index (χ3n) is 2.74. The molecule has 0 aliphatic heterocycles. The number of thioether (sulfide) groups is 1. The van der Waals surface area contributed by atoms with Crippen molar-refractivity contribution in [2.45, 2.75) is 24.8 Å². The second kappa shape index (κ2) is 6.09. The van der Waals surface area contributed by atoms with Gasteiger partial charge in [0.05, 0.1) is 17.3 Å². The van der Waals surface area contributed by atoms with Gasteiger partial charge < -0.3 is 5.32 Å². The van der Waals surface area contributed by atoms with Gasteiger partial charge in [-0.05, 0) is 32.2 Å². The van der Waals surface area contributed by atoms with Crippen molar-refractivity contribution >= 4 is 28.8 Å². The average Bonchev–Trinajstić information content (AvgIpc) is 2.85. The van der Waals surface area contributed by atoms with Crippen molar-refractivity contribution in [1.29, 1.82) is 5.26 Å². The molecular formula is C14H15N3S2. The van der Waals surface area contributed by atoms with Crippen LogP contribution < -0.4 is 5.32 Å². The lowest BCUT2D eigenvalue weighted by atomic mass is 10.2. The van der Waals surface area contributed by atoms with E-state index in [-0.39, 0.29) is 6.04 Å². The van der Waals surface area contributed by atoms with E-state index >= 15 is 0 Å². The van der Waals surface area contributed by atoms with Crippen LogP contribution in [-0.2, 0) is 0 Å². The molecule has 1 heterocycles. The molecule has 1 aromatic carbocycles. The minimum absolute atomic E-state index is 0.0999. The third-order valence-corrected chi connectivity index (χ3v) is 4.66. The van der Waals surface area contributed by atoms with Crippen LogP contribution in [0.25, 0.3) is 0 Å². The van der Waals surface area contributed by atoms with Gasteiger partial charge in [-0.25, -0.2) is 4.98 Å². The third kappa shape index (κ3) is 3.09. The molecule has 2 rings (SSSR count). The summed E-state index contributed by atoms with van der Waals surface area (Å²) in [5.41, 5.74) is 2.61. The summed E-state index contributed by atoms with van der Waals surface area (Å²) in [7, 11) is 0. The van der Waals surface area contributed by atoms with Crippen LogP contribution in [0.1, 0.15) is 29.2 Å². The molecule has 0 spiro atoms. The van der Waals surface area contributed by atoms with Gasteiger partial charge in [-0.3, -0.25) is 0 Å². The van der Waals surface area contributed by atoms with Crippen molar-refractivity contribution < 1.29 is 0 Å². The van der Waals surface area contributed by atoms with Gasteiger partial charge in [-0.1, -0.05) is 6.07 Å². The van der Waals surface area contributed by atoms with Crippen LogP contribution in [0.3, 0.4) is 0 Å². The monoisotopic (exact) mass is 289 g/mol. The molecule has 0 radical (unpaired) electrons. The second-order valence-corrected chi connectivity index (χ2v) is 5.93. The highest BCUT2D eigenvalue weighted by Crippen LogP contribution is 2.29. The normalized spacial score (nSPS) is 11.9. The molecule has 0 fully saturated rings. The zero-order valence-electron chi connectivity index (χ0n) is 11.1. The van der Waals surface area contributed by atoms with Gasteiger partial charge in [-0.2, -0.15) is 5.26 Å². The summed E-state index contributed by atoms with van der Waals surface area (Å²) in [6.45, 7) is 4.05. The maximum absolute atomic E-state index is 9.30. The van der Waals surface area contributed by atoms with Gasteiger partial charge in [0, 0.05) is 16.0 Å². The number of hydrogen-bond acceptors (Lipinski definition) is 5. The van der Waals surface area contributed by atoms with E-state index < -0.39 is 0 Å². The highest BCUT2D eigenvalue weighted by Gasteiger charge is 2.13. The predicted octanol–water partition coefficient (Wildman–Crippen LogP) is 4.22. The molecule has 1 unspecified atom stereocenters. The average molecular weight is 289 g/mol. The minimum Gasteiger partial charge on any atom is -0.375 e. The van der Waals surface area contributed by atoms with Gasteiger partial charge in [0.25, 0.3) is 0 Å². The van der Waals surface area contributed by atoms with Crippen molar-refractivity contribution in [2.75, 3.05) is 11.6 Å². The molecule has 0 aliphatic carbocycles. The molecule has 0 saturated carbocycles. The topological polar surface area (TPSA) is 48.7 Å². The van der Waals surface area contributed by atoms with E-state index in [1.54, 1.807) is 23.1 Å². The summed E-state index contributed by atoms with van der Waals surface area (Å²) in [6.07, 6.45) is 1.98. The Balaban J connectivity index is 2.26. The van der Waals surface area contributed by atoms with Crippen LogP contribution in [0, 0.1) is 18.3 Å². The van der Waals surface area contributed by atoms with Crippen molar-refractivity contribution in [3.8, 4) is 6.07 Å². The van der Waals surface area contributed by atoms with Gasteiger partial charge in [0.2, 0.25) is 0 Å². The number of rotatable bonds is 4. The molecule has 1 atom stereocenters. The number of hydrogen-bond donors (Lipinski definition) is 1. The summed E-state index contributed by atoms with van der Waals surface area (Å²) in [4.78, 5) is 5.47. The van der Waals surface area contributed by atoms with Gasteiger partial charge >= 0.3 is 0 Å². The van der Waals surface area contributed by atoms with Crippen LogP contribution in [0.5, 0.6) is 0 Å². The summed E-state index contributed by atoms with van der Waals surface area (Å²) in [6, 6.07) is 8.25. The molecule has 5 heteroatoms. The number of aromatic nitrogens is 1. The van der Waals surface area contributed by atoms with Crippen molar-refractivity contribution in [1.82, 2.24) is 4.98 Å². The Labute approximate surface area is 121 Å². The molecule has 1 N–H and O–H groups in total. The quantitative estimate of drug-likeness (QED) is 0.856. The highest BCUT2D eigenvalue weighted by atomic mass is 32.2. The minimum atomic E-state index is 0.0999. The first-order valence-electron chi connectivity index (χ1n) is 5.91. The molecule has 98 valence electrons. The molecule has 1 aromatic heterocycles. The maximum Gasteiger partial charge on any atom is 0.115 e. The fraction of sp³-hybridized carbons (Fsp3) is 0.286. The lowest BCUT2D eigenvalue weighted by Crippen LogP contribution is -2.08. The molecule has 3 nitrogen and oxygen atoms in total. The summed E-state index contributed by atoms with van der Waals surface area (Å²) >= 11 is 3.22. The van der Waals surface area contributed by atoms with Crippen LogP contribution in [0.15, 0.2) is 28.5 Å². The van der Waals surface area contributed by atoms with Gasteiger partial charge in [-0.15, -0.1) is 23.1 Å². The van der Waals surface area contributed by atoms with Crippen molar-refractivity contribution in [3.63, 3.8) is 0 Å². The van der Waals surface area contributed by atoms with Crippen molar-refractivity contribution in [2.24, 2.45) is 0 Å². The Morgan fingerprint density at radius 3 is 2.84 bits per heavy atom. The number of aryl methyl sites for hydroxylation is 1. The van der Waals surface area contributed by atoms with E-state index in [2.05, 4.69) is 23.3 Å².